The fourth-order valence-corrected chi connectivity index (χ4v) is 3.24. The van der Waals surface area contributed by atoms with E-state index in [1.54, 1.807) is 12.1 Å². The molecule has 0 saturated carbocycles. The van der Waals surface area contributed by atoms with Gasteiger partial charge < -0.3 is 14.8 Å². The fourth-order valence-electron chi connectivity index (χ4n) is 3.11. The quantitative estimate of drug-likeness (QED) is 0.386. The maximum Gasteiger partial charge on any atom is 0.426 e. The number of ether oxygens (including phenoxy) is 2. The first-order valence-electron chi connectivity index (χ1n) is 11.0. The van der Waals surface area contributed by atoms with Gasteiger partial charge in [0.25, 0.3) is 5.91 Å². The zero-order valence-corrected chi connectivity index (χ0v) is 19.7. The van der Waals surface area contributed by atoms with Crippen LogP contribution in [0.2, 0.25) is 5.02 Å². The van der Waals surface area contributed by atoms with Crippen molar-refractivity contribution in [3.8, 4) is 0 Å². The first-order valence-corrected chi connectivity index (χ1v) is 11.4. The van der Waals surface area contributed by atoms with Crippen molar-refractivity contribution in [3.63, 3.8) is 0 Å². The van der Waals surface area contributed by atoms with Crippen LogP contribution in [0.3, 0.4) is 0 Å². The Kier molecular flexibility index (Phi) is 9.95. The molecule has 182 valence electrons. The maximum atomic E-state index is 12.7. The van der Waals surface area contributed by atoms with E-state index in [2.05, 4.69) is 16.2 Å². The van der Waals surface area contributed by atoms with Gasteiger partial charge in [-0.05, 0) is 28.8 Å². The lowest BCUT2D eigenvalue weighted by molar-refractivity contribution is -0.124. The number of amides is 3. The van der Waals surface area contributed by atoms with Gasteiger partial charge in [-0.1, -0.05) is 84.4 Å². The summed E-state index contributed by atoms with van der Waals surface area (Å²) in [6.07, 6.45) is -0.887. The van der Waals surface area contributed by atoms with E-state index in [4.69, 9.17) is 21.1 Å². The third-order valence-corrected chi connectivity index (χ3v) is 5.18. The zero-order chi connectivity index (χ0) is 24.9. The molecule has 3 aromatic carbocycles. The predicted octanol–water partition coefficient (Wildman–Crippen LogP) is 4.18. The summed E-state index contributed by atoms with van der Waals surface area (Å²) in [6, 6.07) is 24.5. The number of benzene rings is 3. The van der Waals surface area contributed by atoms with Gasteiger partial charge in [-0.15, -0.1) is 0 Å². The molecule has 8 nitrogen and oxygen atoms in total. The van der Waals surface area contributed by atoms with E-state index in [1.807, 2.05) is 72.8 Å². The van der Waals surface area contributed by atoms with Crippen LogP contribution in [0, 0.1) is 0 Å². The Labute approximate surface area is 208 Å². The van der Waals surface area contributed by atoms with Crippen molar-refractivity contribution in [1.82, 2.24) is 16.2 Å². The average Bonchev–Trinajstić information content (AvgIpc) is 2.88. The first kappa shape index (κ1) is 25.6. The lowest BCUT2D eigenvalue weighted by atomic mass is 10.1. The van der Waals surface area contributed by atoms with E-state index in [1.165, 1.54) is 0 Å². The number of halogens is 1. The molecule has 3 rings (SSSR count). The van der Waals surface area contributed by atoms with Crippen LogP contribution in [-0.2, 0) is 33.7 Å². The van der Waals surface area contributed by atoms with E-state index in [9.17, 15) is 14.4 Å². The van der Waals surface area contributed by atoms with Crippen LogP contribution >= 0.6 is 11.6 Å². The molecule has 0 heterocycles. The molecule has 3 N–H and O–H groups in total. The molecule has 9 heteroatoms. The first-order chi connectivity index (χ1) is 17.0. The van der Waals surface area contributed by atoms with Crippen LogP contribution in [-0.4, -0.2) is 30.7 Å². The molecule has 0 bridgehead atoms. The van der Waals surface area contributed by atoms with Gasteiger partial charge in [0.1, 0.15) is 12.6 Å². The molecule has 0 fully saturated rings. The van der Waals surface area contributed by atoms with Gasteiger partial charge in [-0.3, -0.25) is 10.2 Å². The molecule has 35 heavy (non-hydrogen) atoms. The average molecular weight is 496 g/mol. The molecule has 0 spiro atoms. The zero-order valence-electron chi connectivity index (χ0n) is 18.9. The van der Waals surface area contributed by atoms with Crippen molar-refractivity contribution in [2.24, 2.45) is 0 Å². The number of carbonyl (C=O) groups is 3. The topological polar surface area (TPSA) is 106 Å². The van der Waals surface area contributed by atoms with Gasteiger partial charge in [-0.25, -0.2) is 15.0 Å². The smallest absolute Gasteiger partial charge is 0.426 e. The number of hydrogen-bond donors (Lipinski definition) is 3. The van der Waals surface area contributed by atoms with Crippen molar-refractivity contribution in [2.75, 3.05) is 6.61 Å². The second kappa shape index (κ2) is 13.6. The van der Waals surface area contributed by atoms with E-state index >= 15 is 0 Å². The van der Waals surface area contributed by atoms with E-state index in [-0.39, 0.29) is 19.6 Å². The Bertz CT molecular complexity index is 1090. The molecular formula is C26H26ClN3O5. The molecule has 1 unspecified atom stereocenters. The van der Waals surface area contributed by atoms with Gasteiger partial charge in [0.05, 0.1) is 6.61 Å². The summed E-state index contributed by atoms with van der Waals surface area (Å²) < 4.78 is 10.3. The Hall–Kier alpha value is -4.04. The maximum absolute atomic E-state index is 12.7. The standard InChI is InChI=1S/C26H26ClN3O5/c27-22-13-11-19(12-14-22)15-16-34-25(32)28-23(17-20-7-3-1-4-8-20)24(31)29-30-26(33)35-18-21-9-5-2-6-10-21/h1-14,23H,15-18H2,(H,28,32)(H,29,31)(H,30,33). The van der Waals surface area contributed by atoms with Crippen LogP contribution in [0.1, 0.15) is 16.7 Å². The monoisotopic (exact) mass is 495 g/mol. The number of hydrogen-bond acceptors (Lipinski definition) is 5. The number of alkyl carbamates (subject to hydrolysis) is 1. The van der Waals surface area contributed by atoms with Crippen molar-refractivity contribution >= 4 is 29.7 Å². The number of nitrogens with one attached hydrogen (secondary N) is 3. The molecule has 0 saturated heterocycles. The summed E-state index contributed by atoms with van der Waals surface area (Å²) in [5, 5.41) is 3.18. The highest BCUT2D eigenvalue weighted by molar-refractivity contribution is 6.30. The summed E-state index contributed by atoms with van der Waals surface area (Å²) in [5.74, 6) is -0.625. The van der Waals surface area contributed by atoms with Crippen molar-refractivity contribution in [2.45, 2.75) is 25.5 Å². The summed E-state index contributed by atoms with van der Waals surface area (Å²) >= 11 is 5.87. The summed E-state index contributed by atoms with van der Waals surface area (Å²) in [7, 11) is 0. The fraction of sp³-hybridized carbons (Fsp3) is 0.192. The third kappa shape index (κ3) is 9.38. The van der Waals surface area contributed by atoms with Gasteiger partial charge in [-0.2, -0.15) is 0 Å². The van der Waals surface area contributed by atoms with Crippen molar-refractivity contribution in [1.29, 1.82) is 0 Å². The molecule has 0 aliphatic heterocycles. The Morgan fingerprint density at radius 1 is 0.714 bits per heavy atom. The summed E-state index contributed by atoms with van der Waals surface area (Å²) in [4.78, 5) is 37.0. The van der Waals surface area contributed by atoms with Crippen LogP contribution < -0.4 is 16.2 Å². The largest absolute Gasteiger partial charge is 0.449 e. The SMILES string of the molecule is O=C(NNC(=O)C(Cc1ccccc1)NC(=O)OCCc1ccc(Cl)cc1)OCc1ccccc1. The van der Waals surface area contributed by atoms with Crippen LogP contribution in [0.15, 0.2) is 84.9 Å². The van der Waals surface area contributed by atoms with Crippen molar-refractivity contribution in [3.05, 3.63) is 107 Å². The molecule has 0 radical (unpaired) electrons. The van der Waals surface area contributed by atoms with E-state index in [0.29, 0.717) is 11.4 Å². The van der Waals surface area contributed by atoms with E-state index in [0.717, 1.165) is 16.7 Å². The highest BCUT2D eigenvalue weighted by atomic mass is 35.5. The molecule has 0 aliphatic carbocycles. The van der Waals surface area contributed by atoms with Gasteiger partial charge in [0.2, 0.25) is 0 Å². The summed E-state index contributed by atoms with van der Waals surface area (Å²) in [5.41, 5.74) is 7.07. The second-order valence-corrected chi connectivity index (χ2v) is 8.01. The number of rotatable bonds is 9. The molecule has 1 atom stereocenters. The van der Waals surface area contributed by atoms with E-state index < -0.39 is 24.1 Å². The predicted molar refractivity (Wildman–Crippen MR) is 131 cm³/mol. The van der Waals surface area contributed by atoms with Crippen LogP contribution in [0.25, 0.3) is 0 Å². The Morgan fingerprint density at radius 2 is 1.34 bits per heavy atom. The molecule has 0 aromatic heterocycles. The third-order valence-electron chi connectivity index (χ3n) is 4.93. The van der Waals surface area contributed by atoms with Gasteiger partial charge in [0.15, 0.2) is 0 Å². The lowest BCUT2D eigenvalue weighted by Crippen LogP contribution is -2.53. The molecule has 3 aromatic rings. The minimum absolute atomic E-state index is 0.0498. The van der Waals surface area contributed by atoms with Gasteiger partial charge in [0, 0.05) is 17.9 Å². The Balaban J connectivity index is 1.49. The minimum Gasteiger partial charge on any atom is -0.449 e. The van der Waals surface area contributed by atoms with Crippen molar-refractivity contribution < 1.29 is 23.9 Å². The lowest BCUT2D eigenvalue weighted by Gasteiger charge is -2.19. The number of hydrazine groups is 1. The second-order valence-electron chi connectivity index (χ2n) is 7.58. The van der Waals surface area contributed by atoms with Crippen LogP contribution in [0.5, 0.6) is 0 Å². The van der Waals surface area contributed by atoms with Crippen LogP contribution in [0.4, 0.5) is 9.59 Å². The number of carbonyl (C=O) groups excluding carboxylic acids is 3. The normalized spacial score (nSPS) is 11.1. The molecule has 3 amide bonds. The van der Waals surface area contributed by atoms with Gasteiger partial charge >= 0.3 is 12.2 Å². The highest BCUT2D eigenvalue weighted by Gasteiger charge is 2.22. The summed E-state index contributed by atoms with van der Waals surface area (Å²) in [6.45, 7) is 0.172. The molecular weight excluding hydrogens is 470 g/mol. The molecule has 0 aliphatic rings. The highest BCUT2D eigenvalue weighted by Crippen LogP contribution is 2.10. The minimum atomic E-state index is -0.991. The Morgan fingerprint density at radius 3 is 2.00 bits per heavy atom.